The van der Waals surface area contributed by atoms with Crippen LogP contribution < -0.4 is 5.73 Å². The zero-order chi connectivity index (χ0) is 11.1. The minimum atomic E-state index is 0.542. The normalized spacial score (nSPS) is 16.3. The Hall–Kier alpha value is 0.270. The van der Waals surface area contributed by atoms with Crippen LogP contribution in [0.5, 0.6) is 0 Å². The Morgan fingerprint density at radius 3 is 2.21 bits per heavy atom. The van der Waals surface area contributed by atoms with E-state index in [9.17, 15) is 0 Å². The molecule has 2 nitrogen and oxygen atoms in total. The molecule has 0 aromatic rings. The van der Waals surface area contributed by atoms with Crippen molar-refractivity contribution in [1.82, 2.24) is 4.90 Å². The predicted molar refractivity (Wildman–Crippen MR) is 67.9 cm³/mol. The zero-order valence-corrected chi connectivity index (χ0v) is 11.1. The zero-order valence-electron chi connectivity index (χ0n) is 10.3. The highest BCUT2D eigenvalue weighted by atomic mass is 32.2. The van der Waals surface area contributed by atoms with Crippen LogP contribution in [-0.2, 0) is 0 Å². The van der Waals surface area contributed by atoms with Crippen molar-refractivity contribution in [2.75, 3.05) is 25.6 Å². The van der Waals surface area contributed by atoms with Gasteiger partial charge in [-0.25, -0.2) is 0 Å². The molecule has 86 valence electrons. The van der Waals surface area contributed by atoms with Gasteiger partial charge < -0.3 is 5.73 Å². The molecule has 0 saturated carbocycles. The lowest BCUT2D eigenvalue weighted by Gasteiger charge is -2.34. The van der Waals surface area contributed by atoms with Gasteiger partial charge in [0.05, 0.1) is 0 Å². The molecule has 0 aromatic carbocycles. The Morgan fingerprint density at radius 1 is 1.29 bits per heavy atom. The fourth-order valence-corrected chi connectivity index (χ4v) is 2.05. The molecular formula is C11H26N2S. The van der Waals surface area contributed by atoms with Crippen molar-refractivity contribution in [3.63, 3.8) is 0 Å². The van der Waals surface area contributed by atoms with Crippen LogP contribution in [0.1, 0.15) is 27.2 Å². The number of thioether (sulfide) groups is 1. The predicted octanol–water partition coefficient (Wildman–Crippen LogP) is 2.04. The summed E-state index contributed by atoms with van der Waals surface area (Å²) in [6.45, 7) is 7.59. The van der Waals surface area contributed by atoms with Crippen LogP contribution in [0.4, 0.5) is 0 Å². The average Bonchev–Trinajstić information content (AvgIpc) is 2.17. The van der Waals surface area contributed by atoms with Gasteiger partial charge >= 0.3 is 0 Å². The fraction of sp³-hybridized carbons (Fsp3) is 1.00. The monoisotopic (exact) mass is 218 g/mol. The number of rotatable bonds is 7. The van der Waals surface area contributed by atoms with Gasteiger partial charge in [0.1, 0.15) is 0 Å². The minimum Gasteiger partial charge on any atom is -0.329 e. The lowest BCUT2D eigenvalue weighted by molar-refractivity contribution is 0.149. The van der Waals surface area contributed by atoms with Crippen molar-refractivity contribution in [2.24, 2.45) is 11.7 Å². The summed E-state index contributed by atoms with van der Waals surface area (Å²) in [5, 5.41) is 0. The molecule has 3 heteroatoms. The third-order valence-corrected chi connectivity index (χ3v) is 3.75. The van der Waals surface area contributed by atoms with Gasteiger partial charge in [-0.1, -0.05) is 13.8 Å². The molecule has 0 fully saturated rings. The molecule has 14 heavy (non-hydrogen) atoms. The molecule has 0 aromatic heterocycles. The van der Waals surface area contributed by atoms with Crippen LogP contribution in [0.25, 0.3) is 0 Å². The quantitative estimate of drug-likeness (QED) is 0.709. The average molecular weight is 218 g/mol. The maximum atomic E-state index is 5.80. The molecule has 0 aliphatic carbocycles. The van der Waals surface area contributed by atoms with E-state index in [2.05, 4.69) is 39.0 Å². The Morgan fingerprint density at radius 2 is 1.86 bits per heavy atom. The molecule has 0 bridgehead atoms. The molecule has 2 unspecified atom stereocenters. The molecule has 0 aliphatic heterocycles. The molecule has 0 spiro atoms. The highest BCUT2D eigenvalue weighted by Gasteiger charge is 2.20. The third-order valence-electron chi connectivity index (χ3n) is 3.11. The molecule has 2 N–H and O–H groups in total. The summed E-state index contributed by atoms with van der Waals surface area (Å²) in [5.41, 5.74) is 5.80. The summed E-state index contributed by atoms with van der Waals surface area (Å²) >= 11 is 1.90. The van der Waals surface area contributed by atoms with Gasteiger partial charge in [0, 0.05) is 18.6 Å². The number of hydrogen-bond donors (Lipinski definition) is 1. The van der Waals surface area contributed by atoms with Crippen molar-refractivity contribution in [2.45, 2.75) is 39.3 Å². The first-order chi connectivity index (χ1) is 6.54. The molecule has 2 atom stereocenters. The van der Waals surface area contributed by atoms with E-state index in [4.69, 9.17) is 5.73 Å². The van der Waals surface area contributed by atoms with E-state index in [-0.39, 0.29) is 0 Å². The van der Waals surface area contributed by atoms with Gasteiger partial charge in [-0.05, 0) is 38.3 Å². The maximum Gasteiger partial charge on any atom is 0.0226 e. The Labute approximate surface area is 93.6 Å². The van der Waals surface area contributed by atoms with Gasteiger partial charge in [0.15, 0.2) is 0 Å². The summed E-state index contributed by atoms with van der Waals surface area (Å²) in [4.78, 5) is 2.43. The summed E-state index contributed by atoms with van der Waals surface area (Å²) in [6, 6.07) is 1.16. The van der Waals surface area contributed by atoms with Crippen molar-refractivity contribution >= 4 is 11.8 Å². The van der Waals surface area contributed by atoms with Crippen LogP contribution in [0.15, 0.2) is 0 Å². The number of likely N-dealkylation sites (N-methyl/N-ethyl adjacent to an activating group) is 1. The van der Waals surface area contributed by atoms with Crippen LogP contribution in [0, 0.1) is 5.92 Å². The van der Waals surface area contributed by atoms with E-state index in [1.165, 1.54) is 12.2 Å². The highest BCUT2D eigenvalue weighted by molar-refractivity contribution is 7.98. The maximum absolute atomic E-state index is 5.80. The van der Waals surface area contributed by atoms with Crippen molar-refractivity contribution < 1.29 is 0 Å². The lowest BCUT2D eigenvalue weighted by Crippen LogP contribution is -2.45. The minimum absolute atomic E-state index is 0.542. The van der Waals surface area contributed by atoms with Crippen LogP contribution in [0.3, 0.4) is 0 Å². The SMILES string of the molecule is CSCCC(CN)N(C)C(C)C(C)C. The van der Waals surface area contributed by atoms with E-state index in [1.54, 1.807) is 0 Å². The number of hydrogen-bond acceptors (Lipinski definition) is 3. The van der Waals surface area contributed by atoms with E-state index in [1.807, 2.05) is 11.8 Å². The van der Waals surface area contributed by atoms with Gasteiger partial charge in [0.2, 0.25) is 0 Å². The van der Waals surface area contributed by atoms with Gasteiger partial charge in [-0.15, -0.1) is 0 Å². The van der Waals surface area contributed by atoms with Gasteiger partial charge in [-0.3, -0.25) is 4.90 Å². The second-order valence-corrected chi connectivity index (χ2v) is 5.31. The highest BCUT2D eigenvalue weighted by Crippen LogP contribution is 2.14. The second-order valence-electron chi connectivity index (χ2n) is 4.32. The molecule has 0 rings (SSSR count). The first-order valence-corrected chi connectivity index (χ1v) is 6.84. The Balaban J connectivity index is 4.08. The summed E-state index contributed by atoms with van der Waals surface area (Å²) in [5.74, 6) is 1.90. The summed E-state index contributed by atoms with van der Waals surface area (Å²) < 4.78 is 0. The summed E-state index contributed by atoms with van der Waals surface area (Å²) in [6.07, 6.45) is 3.35. The van der Waals surface area contributed by atoms with Crippen molar-refractivity contribution in [3.05, 3.63) is 0 Å². The fourth-order valence-electron chi connectivity index (χ4n) is 1.54. The van der Waals surface area contributed by atoms with Crippen molar-refractivity contribution in [1.29, 1.82) is 0 Å². The Kier molecular flexibility index (Phi) is 7.69. The third kappa shape index (κ3) is 4.67. The standard InChI is InChI=1S/C11H26N2S/c1-9(2)10(3)13(4)11(8-12)6-7-14-5/h9-11H,6-8,12H2,1-5H3. The van der Waals surface area contributed by atoms with Crippen LogP contribution in [0.2, 0.25) is 0 Å². The van der Waals surface area contributed by atoms with Gasteiger partial charge in [-0.2, -0.15) is 11.8 Å². The van der Waals surface area contributed by atoms with Crippen LogP contribution >= 0.6 is 11.8 Å². The number of nitrogens with two attached hydrogens (primary N) is 1. The first kappa shape index (κ1) is 14.3. The topological polar surface area (TPSA) is 29.3 Å². The molecule has 0 aliphatic rings. The lowest BCUT2D eigenvalue weighted by atomic mass is 10.0. The Bertz CT molecular complexity index is 139. The van der Waals surface area contributed by atoms with E-state index >= 15 is 0 Å². The van der Waals surface area contributed by atoms with Crippen molar-refractivity contribution in [3.8, 4) is 0 Å². The van der Waals surface area contributed by atoms with E-state index < -0.39 is 0 Å². The van der Waals surface area contributed by atoms with E-state index in [0.717, 1.165) is 6.54 Å². The first-order valence-electron chi connectivity index (χ1n) is 5.45. The molecular weight excluding hydrogens is 192 g/mol. The molecule has 0 radical (unpaired) electrons. The summed E-state index contributed by atoms with van der Waals surface area (Å²) in [7, 11) is 2.20. The second kappa shape index (κ2) is 7.55. The molecule has 0 amide bonds. The van der Waals surface area contributed by atoms with Crippen LogP contribution in [-0.4, -0.2) is 42.6 Å². The molecule has 0 saturated heterocycles. The smallest absolute Gasteiger partial charge is 0.0226 e. The van der Waals surface area contributed by atoms with E-state index in [0.29, 0.717) is 18.0 Å². The number of nitrogens with zero attached hydrogens (tertiary/aromatic N) is 1. The largest absolute Gasteiger partial charge is 0.329 e. The van der Waals surface area contributed by atoms with Gasteiger partial charge in [0.25, 0.3) is 0 Å². The molecule has 0 heterocycles.